The summed E-state index contributed by atoms with van der Waals surface area (Å²) >= 11 is 0. The van der Waals surface area contributed by atoms with Gasteiger partial charge in [0.25, 0.3) is 5.91 Å². The number of benzene rings is 1. The van der Waals surface area contributed by atoms with Crippen molar-refractivity contribution in [1.29, 1.82) is 0 Å². The van der Waals surface area contributed by atoms with Gasteiger partial charge in [-0.1, -0.05) is 6.07 Å². The van der Waals surface area contributed by atoms with Crippen molar-refractivity contribution < 1.29 is 23.8 Å². The van der Waals surface area contributed by atoms with Gasteiger partial charge in [0.05, 0.1) is 0 Å². The molecule has 2 aliphatic heterocycles. The fourth-order valence-corrected chi connectivity index (χ4v) is 2.91. The molecule has 128 valence electrons. The molecule has 0 radical (unpaired) electrons. The summed E-state index contributed by atoms with van der Waals surface area (Å²) < 4.78 is 15.6. The quantitative estimate of drug-likeness (QED) is 0.626. The summed E-state index contributed by atoms with van der Waals surface area (Å²) in [6.07, 6.45) is 6.09. The molecule has 0 N–H and O–H groups in total. The van der Waals surface area contributed by atoms with Crippen molar-refractivity contribution in [3.63, 3.8) is 0 Å². The maximum atomic E-state index is 12.1. The van der Waals surface area contributed by atoms with Gasteiger partial charge in [0.15, 0.2) is 18.1 Å². The number of likely N-dealkylation sites (tertiary alicyclic amines) is 1. The Morgan fingerprint density at radius 1 is 1.29 bits per heavy atom. The van der Waals surface area contributed by atoms with Crippen LogP contribution in [0.3, 0.4) is 0 Å². The normalized spacial score (nSPS) is 19.5. The molecule has 24 heavy (non-hydrogen) atoms. The molecular formula is C18H21NO5. The zero-order chi connectivity index (χ0) is 16.9. The average molecular weight is 331 g/mol. The van der Waals surface area contributed by atoms with E-state index in [4.69, 9.17) is 14.2 Å². The van der Waals surface area contributed by atoms with E-state index in [9.17, 15) is 9.59 Å². The maximum Gasteiger partial charge on any atom is 0.331 e. The van der Waals surface area contributed by atoms with Crippen molar-refractivity contribution >= 4 is 18.0 Å². The van der Waals surface area contributed by atoms with Gasteiger partial charge < -0.3 is 19.1 Å². The van der Waals surface area contributed by atoms with E-state index in [0.29, 0.717) is 11.5 Å². The zero-order valence-corrected chi connectivity index (χ0v) is 13.7. The summed E-state index contributed by atoms with van der Waals surface area (Å²) in [4.78, 5) is 25.7. The van der Waals surface area contributed by atoms with E-state index in [-0.39, 0.29) is 25.3 Å². The Hall–Kier alpha value is -2.50. The Balaban J connectivity index is 1.49. The van der Waals surface area contributed by atoms with E-state index in [2.05, 4.69) is 0 Å². The molecule has 1 saturated heterocycles. The second-order valence-electron chi connectivity index (χ2n) is 5.99. The van der Waals surface area contributed by atoms with Crippen molar-refractivity contribution in [3.8, 4) is 11.5 Å². The van der Waals surface area contributed by atoms with E-state index in [1.807, 2.05) is 13.0 Å². The van der Waals surface area contributed by atoms with E-state index in [1.54, 1.807) is 23.1 Å². The van der Waals surface area contributed by atoms with Crippen LogP contribution < -0.4 is 9.47 Å². The molecule has 0 saturated carbocycles. The summed E-state index contributed by atoms with van der Waals surface area (Å²) in [6, 6.07) is 5.60. The number of rotatable bonds is 4. The fraction of sp³-hybridized carbons (Fsp3) is 0.444. The SMILES string of the molecule is C[C@H]1CCCCN1C(=O)COC(=O)/C=C/c1ccc2c(c1)OCO2. The Bertz CT molecular complexity index is 655. The molecule has 1 atom stereocenters. The van der Waals surface area contributed by atoms with E-state index in [0.717, 1.165) is 31.4 Å². The third-order valence-electron chi connectivity index (χ3n) is 4.27. The minimum absolute atomic E-state index is 0.132. The number of nitrogens with zero attached hydrogens (tertiary/aromatic N) is 1. The van der Waals surface area contributed by atoms with Crippen LogP contribution in [-0.4, -0.2) is 42.8 Å². The molecule has 0 spiro atoms. The Labute approximate surface area is 141 Å². The molecule has 2 aliphatic rings. The lowest BCUT2D eigenvalue weighted by Crippen LogP contribution is -2.44. The Morgan fingerprint density at radius 2 is 2.12 bits per heavy atom. The lowest BCUT2D eigenvalue weighted by atomic mass is 10.0. The van der Waals surface area contributed by atoms with Crippen LogP contribution in [0.1, 0.15) is 31.7 Å². The number of carbonyl (C=O) groups is 2. The number of piperidine rings is 1. The van der Waals surface area contributed by atoms with Crippen molar-refractivity contribution in [3.05, 3.63) is 29.8 Å². The van der Waals surface area contributed by atoms with Gasteiger partial charge in [-0.3, -0.25) is 4.79 Å². The first-order valence-electron chi connectivity index (χ1n) is 8.17. The molecule has 0 aromatic heterocycles. The van der Waals surface area contributed by atoms with Crippen LogP contribution in [0.25, 0.3) is 6.08 Å². The van der Waals surface area contributed by atoms with Crippen LogP contribution in [0.15, 0.2) is 24.3 Å². The summed E-state index contributed by atoms with van der Waals surface area (Å²) in [7, 11) is 0. The number of carbonyl (C=O) groups excluding carboxylic acids is 2. The number of hydrogen-bond donors (Lipinski definition) is 0. The number of esters is 1. The molecule has 6 heteroatoms. The zero-order valence-electron chi connectivity index (χ0n) is 13.7. The van der Waals surface area contributed by atoms with Crippen LogP contribution in [0.4, 0.5) is 0 Å². The summed E-state index contributed by atoms with van der Waals surface area (Å²) in [5, 5.41) is 0. The van der Waals surface area contributed by atoms with Gasteiger partial charge in [0.2, 0.25) is 6.79 Å². The molecule has 0 unspecified atom stereocenters. The minimum Gasteiger partial charge on any atom is -0.454 e. The first kappa shape index (κ1) is 16.4. The van der Waals surface area contributed by atoms with Crippen molar-refractivity contribution in [2.45, 2.75) is 32.2 Å². The topological polar surface area (TPSA) is 65.1 Å². The smallest absolute Gasteiger partial charge is 0.331 e. The number of fused-ring (bicyclic) bond motifs is 1. The monoisotopic (exact) mass is 331 g/mol. The lowest BCUT2D eigenvalue weighted by Gasteiger charge is -2.33. The molecule has 2 heterocycles. The second kappa shape index (κ2) is 7.38. The maximum absolute atomic E-state index is 12.1. The van der Waals surface area contributed by atoms with Crippen LogP contribution in [0, 0.1) is 0 Å². The molecule has 3 rings (SSSR count). The standard InChI is InChI=1S/C18H21NO5/c1-13-4-2-3-9-19(13)17(20)11-22-18(21)8-6-14-5-7-15-16(10-14)24-12-23-15/h5-8,10,13H,2-4,9,11-12H2,1H3/b8-6+/t13-/m0/s1. The largest absolute Gasteiger partial charge is 0.454 e. The molecule has 6 nitrogen and oxygen atoms in total. The minimum atomic E-state index is -0.536. The number of ether oxygens (including phenoxy) is 3. The molecular weight excluding hydrogens is 310 g/mol. The highest BCUT2D eigenvalue weighted by Gasteiger charge is 2.23. The van der Waals surface area contributed by atoms with Gasteiger partial charge in [-0.05, 0) is 50.0 Å². The highest BCUT2D eigenvalue weighted by atomic mass is 16.7. The molecule has 1 fully saturated rings. The molecule has 1 aromatic rings. The second-order valence-corrected chi connectivity index (χ2v) is 5.99. The predicted octanol–water partition coefficient (Wildman–Crippen LogP) is 2.37. The summed E-state index contributed by atoms with van der Waals surface area (Å²) in [5.74, 6) is 0.675. The van der Waals surface area contributed by atoms with Crippen LogP contribution in [0.5, 0.6) is 11.5 Å². The molecule has 1 amide bonds. The fourth-order valence-electron chi connectivity index (χ4n) is 2.91. The van der Waals surface area contributed by atoms with Crippen LogP contribution in [-0.2, 0) is 14.3 Å². The molecule has 0 bridgehead atoms. The highest BCUT2D eigenvalue weighted by molar-refractivity contribution is 5.89. The Morgan fingerprint density at radius 3 is 2.96 bits per heavy atom. The van der Waals surface area contributed by atoms with E-state index < -0.39 is 5.97 Å². The Kier molecular flexibility index (Phi) is 5.03. The highest BCUT2D eigenvalue weighted by Crippen LogP contribution is 2.32. The van der Waals surface area contributed by atoms with Crippen LogP contribution in [0.2, 0.25) is 0 Å². The first-order chi connectivity index (χ1) is 11.6. The lowest BCUT2D eigenvalue weighted by molar-refractivity contribution is -0.149. The van der Waals surface area contributed by atoms with Gasteiger partial charge in [-0.15, -0.1) is 0 Å². The summed E-state index contributed by atoms with van der Waals surface area (Å²) in [6.45, 7) is 2.76. The van der Waals surface area contributed by atoms with Crippen LogP contribution >= 0.6 is 0 Å². The van der Waals surface area contributed by atoms with Gasteiger partial charge >= 0.3 is 5.97 Å². The summed E-state index contributed by atoms with van der Waals surface area (Å²) in [5.41, 5.74) is 0.798. The number of hydrogen-bond acceptors (Lipinski definition) is 5. The van der Waals surface area contributed by atoms with Gasteiger partial charge in [-0.25, -0.2) is 4.79 Å². The van der Waals surface area contributed by atoms with Gasteiger partial charge in [0.1, 0.15) is 0 Å². The molecule has 1 aromatic carbocycles. The van der Waals surface area contributed by atoms with Gasteiger partial charge in [-0.2, -0.15) is 0 Å². The molecule has 0 aliphatic carbocycles. The van der Waals surface area contributed by atoms with E-state index in [1.165, 1.54) is 6.08 Å². The predicted molar refractivity (Wildman–Crippen MR) is 87.6 cm³/mol. The average Bonchev–Trinajstić information content (AvgIpc) is 3.06. The third kappa shape index (κ3) is 3.88. The van der Waals surface area contributed by atoms with Crippen molar-refractivity contribution in [2.24, 2.45) is 0 Å². The third-order valence-corrected chi connectivity index (χ3v) is 4.27. The van der Waals surface area contributed by atoms with E-state index >= 15 is 0 Å². The first-order valence-corrected chi connectivity index (χ1v) is 8.17. The van der Waals surface area contributed by atoms with Crippen molar-refractivity contribution in [2.75, 3.05) is 19.9 Å². The number of amides is 1. The van der Waals surface area contributed by atoms with Gasteiger partial charge in [0, 0.05) is 18.7 Å². The van der Waals surface area contributed by atoms with Crippen molar-refractivity contribution in [1.82, 2.24) is 4.90 Å².